The van der Waals surface area contributed by atoms with E-state index in [1.165, 1.54) is 26.2 Å². The van der Waals surface area contributed by atoms with Gasteiger partial charge in [-0.25, -0.2) is 12.7 Å². The summed E-state index contributed by atoms with van der Waals surface area (Å²) < 4.78 is 25.3. The van der Waals surface area contributed by atoms with Crippen molar-refractivity contribution < 1.29 is 13.2 Å². The number of anilines is 1. The first-order valence-electron chi connectivity index (χ1n) is 7.15. The number of rotatable bonds is 5. The van der Waals surface area contributed by atoms with Gasteiger partial charge < -0.3 is 10.6 Å². The van der Waals surface area contributed by atoms with Crippen LogP contribution in [-0.2, 0) is 14.8 Å². The van der Waals surface area contributed by atoms with E-state index >= 15 is 0 Å². The van der Waals surface area contributed by atoms with Crippen molar-refractivity contribution in [1.29, 1.82) is 0 Å². The van der Waals surface area contributed by atoms with Crippen molar-refractivity contribution in [2.45, 2.75) is 4.90 Å². The average molecular weight is 399 g/mol. The molecule has 2 N–H and O–H groups in total. The molecular weight excluding hydrogens is 375 g/mol. The first-order valence-corrected chi connectivity index (χ1v) is 8.59. The summed E-state index contributed by atoms with van der Waals surface area (Å²) in [6.45, 7) is 3.74. The normalized spacial score (nSPS) is 15.3. The molecule has 0 bridgehead atoms. The molecule has 24 heavy (non-hydrogen) atoms. The molecule has 0 aromatic heterocycles. The summed E-state index contributed by atoms with van der Waals surface area (Å²) in [6.07, 6.45) is 0. The highest BCUT2D eigenvalue weighted by Gasteiger charge is 2.18. The SMILES string of the molecule is CN(C)S(=O)(=O)c1cccc(NC(=O)CN2CCNCC2)c1.Cl.Cl. The zero-order chi connectivity index (χ0) is 16.2. The largest absolute Gasteiger partial charge is 0.325 e. The standard InChI is InChI=1S/C14H22N4O3S.2ClH/c1-17(2)22(20,21)13-5-3-4-12(10-13)16-14(19)11-18-8-6-15-7-9-18;;/h3-5,10,15H,6-9,11H2,1-2H3,(H,16,19);2*1H. The molecule has 1 heterocycles. The maximum atomic E-state index is 12.1. The number of nitrogens with zero attached hydrogens (tertiary/aromatic N) is 2. The predicted octanol–water partition coefficient (Wildman–Crippen LogP) is 0.624. The molecule has 0 radical (unpaired) electrons. The molecule has 7 nitrogen and oxygen atoms in total. The lowest BCUT2D eigenvalue weighted by molar-refractivity contribution is -0.117. The fraction of sp³-hybridized carbons (Fsp3) is 0.500. The molecule has 138 valence electrons. The highest BCUT2D eigenvalue weighted by molar-refractivity contribution is 7.89. The topological polar surface area (TPSA) is 81.8 Å². The van der Waals surface area contributed by atoms with Gasteiger partial charge in [-0.2, -0.15) is 0 Å². The summed E-state index contributed by atoms with van der Waals surface area (Å²) in [7, 11) is -0.545. The number of hydrogen-bond donors (Lipinski definition) is 2. The lowest BCUT2D eigenvalue weighted by Gasteiger charge is -2.26. The quantitative estimate of drug-likeness (QED) is 0.759. The molecule has 1 amide bonds. The van der Waals surface area contributed by atoms with E-state index in [1.54, 1.807) is 12.1 Å². The summed E-state index contributed by atoms with van der Waals surface area (Å²) in [6, 6.07) is 6.30. The van der Waals surface area contributed by atoms with E-state index in [9.17, 15) is 13.2 Å². The number of piperazine rings is 1. The van der Waals surface area contributed by atoms with E-state index < -0.39 is 10.0 Å². The summed E-state index contributed by atoms with van der Waals surface area (Å²) >= 11 is 0. The van der Waals surface area contributed by atoms with Crippen LogP contribution in [0.3, 0.4) is 0 Å². The van der Waals surface area contributed by atoms with Crippen LogP contribution >= 0.6 is 24.8 Å². The predicted molar refractivity (Wildman–Crippen MR) is 99.8 cm³/mol. The number of benzene rings is 1. The van der Waals surface area contributed by atoms with Gasteiger partial charge in [-0.3, -0.25) is 9.69 Å². The van der Waals surface area contributed by atoms with Gasteiger partial charge in [0.05, 0.1) is 11.4 Å². The van der Waals surface area contributed by atoms with Gasteiger partial charge in [-0.1, -0.05) is 6.07 Å². The number of carbonyl (C=O) groups is 1. The lowest BCUT2D eigenvalue weighted by Crippen LogP contribution is -2.46. The van der Waals surface area contributed by atoms with Crippen LogP contribution in [0.2, 0.25) is 0 Å². The minimum atomic E-state index is -3.50. The Morgan fingerprint density at radius 2 is 1.88 bits per heavy atom. The van der Waals surface area contributed by atoms with Gasteiger partial charge >= 0.3 is 0 Å². The monoisotopic (exact) mass is 398 g/mol. The van der Waals surface area contributed by atoms with E-state index in [0.29, 0.717) is 12.2 Å². The van der Waals surface area contributed by atoms with E-state index in [0.717, 1.165) is 30.5 Å². The van der Waals surface area contributed by atoms with Crippen LogP contribution in [0.1, 0.15) is 0 Å². The molecule has 0 spiro atoms. The number of sulfonamides is 1. The summed E-state index contributed by atoms with van der Waals surface area (Å²) in [5, 5.41) is 5.98. The van der Waals surface area contributed by atoms with Crippen LogP contribution in [0.15, 0.2) is 29.2 Å². The molecule has 10 heteroatoms. The van der Waals surface area contributed by atoms with Gasteiger partial charge in [0.25, 0.3) is 0 Å². The first kappa shape index (κ1) is 23.1. The molecule has 1 aliphatic heterocycles. The molecule has 2 rings (SSSR count). The molecule has 0 unspecified atom stereocenters. The molecule has 1 saturated heterocycles. The van der Waals surface area contributed by atoms with Crippen LogP contribution in [0.4, 0.5) is 5.69 Å². The Labute approximate surface area is 155 Å². The van der Waals surface area contributed by atoms with Crippen LogP contribution in [-0.4, -0.2) is 70.3 Å². The number of carbonyl (C=O) groups excluding carboxylic acids is 1. The lowest BCUT2D eigenvalue weighted by atomic mass is 10.3. The Morgan fingerprint density at radius 1 is 1.25 bits per heavy atom. The molecule has 0 saturated carbocycles. The van der Waals surface area contributed by atoms with E-state index in [2.05, 4.69) is 15.5 Å². The molecule has 0 atom stereocenters. The Kier molecular flexibility index (Phi) is 9.79. The van der Waals surface area contributed by atoms with Crippen molar-refractivity contribution in [2.24, 2.45) is 0 Å². The smallest absolute Gasteiger partial charge is 0.242 e. The second-order valence-corrected chi connectivity index (χ2v) is 7.54. The maximum absolute atomic E-state index is 12.1. The van der Waals surface area contributed by atoms with E-state index in [1.807, 2.05) is 0 Å². The highest BCUT2D eigenvalue weighted by Crippen LogP contribution is 2.17. The third kappa shape index (κ3) is 6.19. The number of hydrogen-bond acceptors (Lipinski definition) is 5. The molecule has 0 aliphatic carbocycles. The van der Waals surface area contributed by atoms with Gasteiger partial charge in [0.2, 0.25) is 15.9 Å². The summed E-state index contributed by atoms with van der Waals surface area (Å²) in [5.74, 6) is -0.138. The van der Waals surface area contributed by atoms with E-state index in [-0.39, 0.29) is 35.6 Å². The third-order valence-electron chi connectivity index (χ3n) is 3.47. The van der Waals surface area contributed by atoms with Crippen molar-refractivity contribution in [2.75, 3.05) is 52.1 Å². The summed E-state index contributed by atoms with van der Waals surface area (Å²) in [4.78, 5) is 14.3. The number of nitrogens with one attached hydrogen (secondary N) is 2. The number of halogens is 2. The minimum Gasteiger partial charge on any atom is -0.325 e. The fourth-order valence-electron chi connectivity index (χ4n) is 2.22. The van der Waals surface area contributed by atoms with Crippen molar-refractivity contribution >= 4 is 46.4 Å². The third-order valence-corrected chi connectivity index (χ3v) is 5.28. The zero-order valence-electron chi connectivity index (χ0n) is 13.7. The highest BCUT2D eigenvalue weighted by atomic mass is 35.5. The molecule has 1 fully saturated rings. The van der Waals surface area contributed by atoms with Gasteiger partial charge in [0.1, 0.15) is 0 Å². The fourth-order valence-corrected chi connectivity index (χ4v) is 3.17. The van der Waals surface area contributed by atoms with Crippen LogP contribution in [0.5, 0.6) is 0 Å². The average Bonchev–Trinajstić information content (AvgIpc) is 2.48. The van der Waals surface area contributed by atoms with Gasteiger partial charge in [-0.15, -0.1) is 24.8 Å². The van der Waals surface area contributed by atoms with E-state index in [4.69, 9.17) is 0 Å². The summed E-state index contributed by atoms with van der Waals surface area (Å²) in [5.41, 5.74) is 0.489. The van der Waals surface area contributed by atoms with Crippen molar-refractivity contribution in [1.82, 2.24) is 14.5 Å². The van der Waals surface area contributed by atoms with Crippen molar-refractivity contribution in [3.05, 3.63) is 24.3 Å². The second-order valence-electron chi connectivity index (χ2n) is 5.39. The number of amides is 1. The van der Waals surface area contributed by atoms with Gasteiger partial charge in [0.15, 0.2) is 0 Å². The van der Waals surface area contributed by atoms with Gasteiger partial charge in [0, 0.05) is 46.0 Å². The Hall–Kier alpha value is -0.900. The van der Waals surface area contributed by atoms with Crippen LogP contribution < -0.4 is 10.6 Å². The minimum absolute atomic E-state index is 0. The Bertz CT molecular complexity index is 635. The zero-order valence-corrected chi connectivity index (χ0v) is 16.1. The first-order chi connectivity index (χ1) is 10.4. The Balaban J connectivity index is 0.00000264. The molecular formula is C14H24Cl2N4O3S. The second kappa shape index (κ2) is 10.2. The molecule has 1 aliphatic rings. The maximum Gasteiger partial charge on any atom is 0.242 e. The molecule has 1 aromatic carbocycles. The van der Waals surface area contributed by atoms with Gasteiger partial charge in [-0.05, 0) is 18.2 Å². The van der Waals surface area contributed by atoms with Crippen LogP contribution in [0, 0.1) is 0 Å². The van der Waals surface area contributed by atoms with Crippen LogP contribution in [0.25, 0.3) is 0 Å². The van der Waals surface area contributed by atoms with Crippen molar-refractivity contribution in [3.8, 4) is 0 Å². The molecule has 1 aromatic rings. The Morgan fingerprint density at radius 3 is 2.46 bits per heavy atom. The van der Waals surface area contributed by atoms with Crippen molar-refractivity contribution in [3.63, 3.8) is 0 Å².